The van der Waals surface area contributed by atoms with Crippen molar-refractivity contribution in [2.45, 2.75) is 11.4 Å². The van der Waals surface area contributed by atoms with Crippen molar-refractivity contribution in [2.75, 3.05) is 40.1 Å². The third-order valence-corrected chi connectivity index (χ3v) is 5.81. The molecule has 27 heavy (non-hydrogen) atoms. The van der Waals surface area contributed by atoms with Crippen molar-refractivity contribution >= 4 is 21.6 Å². The Morgan fingerprint density at radius 3 is 2.52 bits per heavy atom. The molecule has 0 aliphatic heterocycles. The number of hydrogen-bond donors (Lipinski definition) is 2. The Hall–Kier alpha value is -2.42. The van der Waals surface area contributed by atoms with Crippen LogP contribution in [0.4, 0.5) is 5.69 Å². The van der Waals surface area contributed by atoms with Crippen molar-refractivity contribution in [1.29, 1.82) is 0 Å². The zero-order chi connectivity index (χ0) is 20.0. The zero-order valence-corrected chi connectivity index (χ0v) is 16.8. The smallest absolute Gasteiger partial charge is 0.279 e. The highest BCUT2D eigenvalue weighted by atomic mass is 32.2. The number of carbonyl (C=O) groups excluding carboxylic acids is 1. The van der Waals surface area contributed by atoms with Crippen molar-refractivity contribution < 1.29 is 22.8 Å². The van der Waals surface area contributed by atoms with E-state index < -0.39 is 10.0 Å². The molecule has 2 aromatic rings. The number of amides is 1. The number of nitrogens with zero attached hydrogens (tertiary/aromatic N) is 1. The molecule has 8 heteroatoms. The van der Waals surface area contributed by atoms with Gasteiger partial charge in [-0.25, -0.2) is 12.7 Å². The lowest BCUT2D eigenvalue weighted by Gasteiger charge is -2.15. The summed E-state index contributed by atoms with van der Waals surface area (Å²) in [5, 5.41) is 2.77. The van der Waals surface area contributed by atoms with Gasteiger partial charge < -0.3 is 15.0 Å². The van der Waals surface area contributed by atoms with E-state index in [0.29, 0.717) is 12.2 Å². The average Bonchev–Trinajstić information content (AvgIpc) is 2.61. The van der Waals surface area contributed by atoms with Crippen LogP contribution in [0.25, 0.3) is 0 Å². The Morgan fingerprint density at radius 1 is 1.15 bits per heavy atom. The standard InChI is InChI=1S/C19H25N3O4S/c1-21(2)27(24,25)18-10-6-8-16(12-18)20-19(23)14-22(3)13-15-7-5-9-17(11-15)26-4/h5-12H,13-14H2,1-4H3,(H,20,23)/p+1. The molecule has 7 nitrogen and oxygen atoms in total. The van der Waals surface area contributed by atoms with Gasteiger partial charge in [0.05, 0.1) is 19.1 Å². The van der Waals surface area contributed by atoms with Crippen LogP contribution in [0.3, 0.4) is 0 Å². The fraction of sp³-hybridized carbons (Fsp3) is 0.316. The maximum absolute atomic E-state index is 12.3. The van der Waals surface area contributed by atoms with E-state index >= 15 is 0 Å². The van der Waals surface area contributed by atoms with Crippen LogP contribution >= 0.6 is 0 Å². The van der Waals surface area contributed by atoms with E-state index in [0.717, 1.165) is 20.5 Å². The molecule has 0 fully saturated rings. The summed E-state index contributed by atoms with van der Waals surface area (Å²) in [6, 6.07) is 14.0. The molecule has 2 aromatic carbocycles. The Labute approximate surface area is 160 Å². The van der Waals surface area contributed by atoms with Crippen LogP contribution in [0, 0.1) is 0 Å². The van der Waals surface area contributed by atoms with Crippen molar-refractivity contribution in [1.82, 2.24) is 4.31 Å². The Kier molecular flexibility index (Phi) is 6.95. The predicted molar refractivity (Wildman–Crippen MR) is 104 cm³/mol. The molecule has 0 aromatic heterocycles. The predicted octanol–water partition coefficient (Wildman–Crippen LogP) is 0.599. The minimum atomic E-state index is -3.54. The van der Waals surface area contributed by atoms with Crippen LogP contribution in [0.1, 0.15) is 5.56 Å². The first-order chi connectivity index (χ1) is 12.7. The summed E-state index contributed by atoms with van der Waals surface area (Å²) in [5.41, 5.74) is 1.52. The number of quaternary nitrogens is 1. The molecule has 1 unspecified atom stereocenters. The number of benzene rings is 2. The molecule has 0 spiro atoms. The third kappa shape index (κ3) is 5.78. The highest BCUT2D eigenvalue weighted by Gasteiger charge is 2.18. The SMILES string of the molecule is COc1cccc(C[NH+](C)CC(=O)Nc2cccc(S(=O)(=O)N(C)C)c2)c1. The van der Waals surface area contributed by atoms with Gasteiger partial charge >= 0.3 is 0 Å². The highest BCUT2D eigenvalue weighted by molar-refractivity contribution is 7.89. The van der Waals surface area contributed by atoms with Crippen LogP contribution < -0.4 is 15.0 Å². The summed E-state index contributed by atoms with van der Waals surface area (Å²) in [5.74, 6) is 0.596. The van der Waals surface area contributed by atoms with Gasteiger partial charge in [-0.1, -0.05) is 18.2 Å². The first-order valence-corrected chi connectivity index (χ1v) is 9.93. The number of methoxy groups -OCH3 is 1. The monoisotopic (exact) mass is 392 g/mol. The van der Waals surface area contributed by atoms with E-state index in [2.05, 4.69) is 5.32 Å². The fourth-order valence-electron chi connectivity index (χ4n) is 2.62. The molecular weight excluding hydrogens is 366 g/mol. The summed E-state index contributed by atoms with van der Waals surface area (Å²) in [4.78, 5) is 13.5. The highest BCUT2D eigenvalue weighted by Crippen LogP contribution is 2.17. The van der Waals surface area contributed by atoms with Crippen LogP contribution in [0.5, 0.6) is 5.75 Å². The number of sulfonamides is 1. The minimum absolute atomic E-state index is 0.141. The third-order valence-electron chi connectivity index (χ3n) is 4.00. The minimum Gasteiger partial charge on any atom is -0.497 e. The number of anilines is 1. The number of nitrogens with one attached hydrogen (secondary N) is 2. The quantitative estimate of drug-likeness (QED) is 0.690. The number of carbonyl (C=O) groups is 1. The van der Waals surface area contributed by atoms with Gasteiger partial charge in [-0.05, 0) is 30.3 Å². The lowest BCUT2D eigenvalue weighted by molar-refractivity contribution is -0.885. The van der Waals surface area contributed by atoms with Crippen LogP contribution in [-0.4, -0.2) is 53.4 Å². The summed E-state index contributed by atoms with van der Waals surface area (Å²) < 4.78 is 30.8. The number of likely N-dealkylation sites (N-methyl/N-ethyl adjacent to an activating group) is 1. The molecule has 1 atom stereocenters. The molecule has 146 valence electrons. The molecule has 0 heterocycles. The van der Waals surface area contributed by atoms with E-state index in [1.165, 1.54) is 26.2 Å². The van der Waals surface area contributed by atoms with Crippen LogP contribution in [0.2, 0.25) is 0 Å². The molecule has 1 amide bonds. The number of rotatable bonds is 8. The first kappa shape index (κ1) is 20.9. The van der Waals surface area contributed by atoms with Crippen molar-refractivity contribution in [3.8, 4) is 5.75 Å². The van der Waals surface area contributed by atoms with Gasteiger partial charge in [-0.3, -0.25) is 4.79 Å². The molecule has 0 saturated carbocycles. The second kappa shape index (κ2) is 8.98. The number of ether oxygens (including phenoxy) is 1. The van der Waals surface area contributed by atoms with E-state index in [1.807, 2.05) is 31.3 Å². The molecule has 2 N–H and O–H groups in total. The van der Waals surface area contributed by atoms with Crippen molar-refractivity contribution in [3.05, 3.63) is 54.1 Å². The van der Waals surface area contributed by atoms with Gasteiger partial charge in [-0.15, -0.1) is 0 Å². The molecular formula is C19H26N3O4S+. The molecule has 0 aliphatic carbocycles. The van der Waals surface area contributed by atoms with Gasteiger partial charge in [0.2, 0.25) is 10.0 Å². The maximum Gasteiger partial charge on any atom is 0.279 e. The fourth-order valence-corrected chi connectivity index (χ4v) is 3.57. The van der Waals surface area contributed by atoms with Crippen molar-refractivity contribution in [2.24, 2.45) is 0 Å². The second-order valence-corrected chi connectivity index (χ2v) is 8.68. The topological polar surface area (TPSA) is 80.1 Å². The lowest BCUT2D eigenvalue weighted by atomic mass is 10.2. The van der Waals surface area contributed by atoms with Gasteiger partial charge in [0.1, 0.15) is 12.3 Å². The lowest BCUT2D eigenvalue weighted by Crippen LogP contribution is -3.08. The van der Waals surface area contributed by atoms with Crippen LogP contribution in [-0.2, 0) is 21.4 Å². The zero-order valence-electron chi connectivity index (χ0n) is 16.0. The molecule has 0 radical (unpaired) electrons. The summed E-state index contributed by atoms with van der Waals surface area (Å²) in [6.07, 6.45) is 0. The Bertz CT molecular complexity index is 897. The largest absolute Gasteiger partial charge is 0.497 e. The number of hydrogen-bond acceptors (Lipinski definition) is 4. The van der Waals surface area contributed by atoms with E-state index in [-0.39, 0.29) is 17.3 Å². The van der Waals surface area contributed by atoms with Crippen molar-refractivity contribution in [3.63, 3.8) is 0 Å². The van der Waals surface area contributed by atoms with Gasteiger partial charge in [0.25, 0.3) is 5.91 Å². The summed E-state index contributed by atoms with van der Waals surface area (Å²) in [6.45, 7) is 0.918. The average molecular weight is 393 g/mol. The molecule has 0 saturated heterocycles. The van der Waals surface area contributed by atoms with Gasteiger partial charge in [0.15, 0.2) is 6.54 Å². The van der Waals surface area contributed by atoms with E-state index in [9.17, 15) is 13.2 Å². The molecule has 2 rings (SSSR count). The molecule has 0 bridgehead atoms. The van der Waals surface area contributed by atoms with Gasteiger partial charge in [-0.2, -0.15) is 0 Å². The normalized spacial score (nSPS) is 12.6. The maximum atomic E-state index is 12.3. The second-order valence-electron chi connectivity index (χ2n) is 6.53. The summed E-state index contributed by atoms with van der Waals surface area (Å²) >= 11 is 0. The Balaban J connectivity index is 1.99. The molecule has 0 aliphatic rings. The van der Waals surface area contributed by atoms with Gasteiger partial charge in [0, 0.05) is 25.3 Å². The van der Waals surface area contributed by atoms with E-state index in [1.54, 1.807) is 19.2 Å². The Morgan fingerprint density at radius 2 is 1.85 bits per heavy atom. The van der Waals surface area contributed by atoms with Crippen LogP contribution in [0.15, 0.2) is 53.4 Å². The van der Waals surface area contributed by atoms with E-state index in [4.69, 9.17) is 4.74 Å². The summed E-state index contributed by atoms with van der Waals surface area (Å²) in [7, 11) is 2.94. The first-order valence-electron chi connectivity index (χ1n) is 8.49.